The minimum atomic E-state index is -3.80. The van der Waals surface area contributed by atoms with E-state index in [0.717, 1.165) is 4.31 Å². The van der Waals surface area contributed by atoms with Gasteiger partial charge < -0.3 is 10.1 Å². The lowest BCUT2D eigenvalue weighted by molar-refractivity contribution is -0.121. The number of ether oxygens (including phenoxy) is 1. The minimum absolute atomic E-state index is 0.00500. The Hall–Kier alpha value is -1.93. The molecule has 8 heteroatoms. The van der Waals surface area contributed by atoms with E-state index in [1.165, 1.54) is 31.3 Å². The molecule has 0 spiro atoms. The zero-order valence-corrected chi connectivity index (χ0v) is 14.5. The standard InChI is InChI=1S/C15H22N2O5S/c1-5-22-15(19)12-6-8-13(9-7-12)23(20,21)17(4)10-14(18)16-11(2)3/h6-9,11H,5,10H2,1-4H3,(H,16,18). The van der Waals surface area contributed by atoms with Crippen molar-refractivity contribution in [1.82, 2.24) is 9.62 Å². The number of hydrogen-bond donors (Lipinski definition) is 1. The molecule has 128 valence electrons. The van der Waals surface area contributed by atoms with Crippen LogP contribution in [0.25, 0.3) is 0 Å². The van der Waals surface area contributed by atoms with Gasteiger partial charge >= 0.3 is 5.97 Å². The number of amides is 1. The number of benzene rings is 1. The van der Waals surface area contributed by atoms with Gasteiger partial charge in [0.15, 0.2) is 0 Å². The van der Waals surface area contributed by atoms with Crippen LogP contribution in [-0.2, 0) is 19.6 Å². The third-order valence-electron chi connectivity index (χ3n) is 2.89. The summed E-state index contributed by atoms with van der Waals surface area (Å²) >= 11 is 0. The number of hydrogen-bond acceptors (Lipinski definition) is 5. The van der Waals surface area contributed by atoms with E-state index in [2.05, 4.69) is 5.32 Å². The van der Waals surface area contributed by atoms with Crippen LogP contribution in [0.3, 0.4) is 0 Å². The molecule has 1 amide bonds. The van der Waals surface area contributed by atoms with Gasteiger partial charge in [0.1, 0.15) is 0 Å². The number of nitrogens with zero attached hydrogens (tertiary/aromatic N) is 1. The van der Waals surface area contributed by atoms with Gasteiger partial charge in [0.05, 0.1) is 23.6 Å². The van der Waals surface area contributed by atoms with Gasteiger partial charge in [-0.1, -0.05) is 0 Å². The molecular weight excluding hydrogens is 320 g/mol. The zero-order chi connectivity index (χ0) is 17.6. The van der Waals surface area contributed by atoms with Crippen molar-refractivity contribution in [2.45, 2.75) is 31.7 Å². The molecule has 0 unspecified atom stereocenters. The maximum Gasteiger partial charge on any atom is 0.338 e. The molecule has 1 aromatic carbocycles. The first-order valence-corrected chi connectivity index (χ1v) is 8.65. The van der Waals surface area contributed by atoms with Crippen LogP contribution in [0.5, 0.6) is 0 Å². The van der Waals surface area contributed by atoms with Crippen molar-refractivity contribution >= 4 is 21.9 Å². The lowest BCUT2D eigenvalue weighted by atomic mass is 10.2. The smallest absolute Gasteiger partial charge is 0.338 e. The van der Waals surface area contributed by atoms with Gasteiger partial charge in [0.2, 0.25) is 15.9 Å². The van der Waals surface area contributed by atoms with Crippen molar-refractivity contribution in [3.05, 3.63) is 29.8 Å². The fourth-order valence-electron chi connectivity index (χ4n) is 1.81. The first kappa shape index (κ1) is 19.1. The quantitative estimate of drug-likeness (QED) is 0.747. The van der Waals surface area contributed by atoms with Gasteiger partial charge in [0.25, 0.3) is 0 Å². The van der Waals surface area contributed by atoms with Gasteiger partial charge in [0, 0.05) is 13.1 Å². The molecule has 0 saturated heterocycles. The Morgan fingerprint density at radius 2 is 1.78 bits per heavy atom. The van der Waals surface area contributed by atoms with Crippen molar-refractivity contribution < 1.29 is 22.7 Å². The largest absolute Gasteiger partial charge is 0.462 e. The molecule has 0 aliphatic heterocycles. The highest BCUT2D eigenvalue weighted by atomic mass is 32.2. The number of nitrogens with one attached hydrogen (secondary N) is 1. The summed E-state index contributed by atoms with van der Waals surface area (Å²) in [5.74, 6) is -0.893. The summed E-state index contributed by atoms with van der Waals surface area (Å²) < 4.78 is 30.6. The molecule has 1 aromatic rings. The molecule has 0 aliphatic rings. The Balaban J connectivity index is 2.87. The van der Waals surface area contributed by atoms with Crippen LogP contribution in [0, 0.1) is 0 Å². The molecule has 23 heavy (non-hydrogen) atoms. The van der Waals surface area contributed by atoms with E-state index in [4.69, 9.17) is 4.74 Å². The molecule has 0 aromatic heterocycles. The van der Waals surface area contributed by atoms with Gasteiger partial charge in [-0.25, -0.2) is 13.2 Å². The number of carbonyl (C=O) groups excluding carboxylic acids is 2. The highest BCUT2D eigenvalue weighted by molar-refractivity contribution is 7.89. The van der Waals surface area contributed by atoms with E-state index in [9.17, 15) is 18.0 Å². The third-order valence-corrected chi connectivity index (χ3v) is 4.71. The van der Waals surface area contributed by atoms with Gasteiger partial charge in [-0.2, -0.15) is 4.31 Å². The summed E-state index contributed by atoms with van der Waals surface area (Å²) in [6.07, 6.45) is 0. The topological polar surface area (TPSA) is 92.8 Å². The van der Waals surface area contributed by atoms with E-state index in [1.807, 2.05) is 0 Å². The molecule has 0 atom stereocenters. The first-order valence-electron chi connectivity index (χ1n) is 7.21. The molecule has 7 nitrogen and oxygen atoms in total. The van der Waals surface area contributed by atoms with Crippen LogP contribution in [-0.4, -0.2) is 50.8 Å². The van der Waals surface area contributed by atoms with Crippen molar-refractivity contribution in [1.29, 1.82) is 0 Å². The Morgan fingerprint density at radius 3 is 2.26 bits per heavy atom. The first-order chi connectivity index (χ1) is 10.7. The van der Waals surface area contributed by atoms with E-state index >= 15 is 0 Å². The average molecular weight is 342 g/mol. The Bertz CT molecular complexity index is 653. The molecule has 0 heterocycles. The number of esters is 1. The Labute approximate surface area is 136 Å². The average Bonchev–Trinajstić information content (AvgIpc) is 2.46. The summed E-state index contributed by atoms with van der Waals surface area (Å²) in [7, 11) is -2.48. The Kier molecular flexibility index (Phi) is 6.71. The molecule has 0 saturated carbocycles. The maximum absolute atomic E-state index is 12.4. The molecule has 0 radical (unpaired) electrons. The van der Waals surface area contributed by atoms with Crippen molar-refractivity contribution in [3.8, 4) is 0 Å². The summed E-state index contributed by atoms with van der Waals surface area (Å²) in [4.78, 5) is 23.2. The van der Waals surface area contributed by atoms with E-state index in [0.29, 0.717) is 0 Å². The van der Waals surface area contributed by atoms with E-state index in [1.54, 1.807) is 20.8 Å². The molecule has 1 rings (SSSR count). The number of likely N-dealkylation sites (N-methyl/N-ethyl adjacent to an activating group) is 1. The normalized spacial score (nSPS) is 11.6. The fraction of sp³-hybridized carbons (Fsp3) is 0.467. The van der Waals surface area contributed by atoms with Gasteiger partial charge in [-0.15, -0.1) is 0 Å². The van der Waals surface area contributed by atoms with Crippen LogP contribution in [0.15, 0.2) is 29.2 Å². The fourth-order valence-corrected chi connectivity index (χ4v) is 2.94. The zero-order valence-electron chi connectivity index (χ0n) is 13.7. The van der Waals surface area contributed by atoms with Crippen molar-refractivity contribution in [2.24, 2.45) is 0 Å². The highest BCUT2D eigenvalue weighted by Gasteiger charge is 2.23. The summed E-state index contributed by atoms with van der Waals surface area (Å²) in [5, 5.41) is 2.63. The molecular formula is C15H22N2O5S. The molecule has 0 fully saturated rings. The van der Waals surface area contributed by atoms with E-state index in [-0.39, 0.29) is 35.6 Å². The van der Waals surface area contributed by atoms with Crippen LogP contribution in [0.1, 0.15) is 31.1 Å². The second kappa shape index (κ2) is 8.07. The predicted octanol–water partition coefficient (Wildman–Crippen LogP) is 1.01. The lowest BCUT2D eigenvalue weighted by Crippen LogP contribution is -2.40. The number of carbonyl (C=O) groups is 2. The summed E-state index contributed by atoms with van der Waals surface area (Å²) in [6, 6.07) is 5.33. The summed E-state index contributed by atoms with van der Waals surface area (Å²) in [5.41, 5.74) is 0.269. The summed E-state index contributed by atoms with van der Waals surface area (Å²) in [6.45, 7) is 5.24. The van der Waals surface area contributed by atoms with Crippen LogP contribution in [0.4, 0.5) is 0 Å². The second-order valence-corrected chi connectivity index (χ2v) is 7.27. The minimum Gasteiger partial charge on any atom is -0.462 e. The third kappa shape index (κ3) is 5.33. The molecule has 1 N–H and O–H groups in total. The lowest BCUT2D eigenvalue weighted by Gasteiger charge is -2.18. The highest BCUT2D eigenvalue weighted by Crippen LogP contribution is 2.15. The number of rotatable bonds is 7. The monoisotopic (exact) mass is 342 g/mol. The van der Waals surface area contributed by atoms with Crippen molar-refractivity contribution in [3.63, 3.8) is 0 Å². The van der Waals surface area contributed by atoms with Crippen LogP contribution in [0.2, 0.25) is 0 Å². The SMILES string of the molecule is CCOC(=O)c1ccc(S(=O)(=O)N(C)CC(=O)NC(C)C)cc1. The maximum atomic E-state index is 12.4. The van der Waals surface area contributed by atoms with Crippen LogP contribution >= 0.6 is 0 Å². The Morgan fingerprint density at radius 1 is 1.22 bits per heavy atom. The van der Waals surface area contributed by atoms with Gasteiger partial charge in [-0.05, 0) is 45.0 Å². The van der Waals surface area contributed by atoms with E-state index < -0.39 is 16.0 Å². The molecule has 0 bridgehead atoms. The predicted molar refractivity (Wildman–Crippen MR) is 85.5 cm³/mol. The molecule has 0 aliphatic carbocycles. The van der Waals surface area contributed by atoms with Crippen molar-refractivity contribution in [2.75, 3.05) is 20.2 Å². The second-order valence-electron chi connectivity index (χ2n) is 5.23. The van der Waals surface area contributed by atoms with Gasteiger partial charge in [-0.3, -0.25) is 4.79 Å². The number of sulfonamides is 1. The van der Waals surface area contributed by atoms with Crippen LogP contribution < -0.4 is 5.32 Å².